The van der Waals surface area contributed by atoms with Crippen LogP contribution in [-0.4, -0.2) is 41.7 Å². The highest BCUT2D eigenvalue weighted by molar-refractivity contribution is 5.74. The number of benzene rings is 1. The number of hydrogen-bond donors (Lipinski definition) is 1. The lowest BCUT2D eigenvalue weighted by molar-refractivity contribution is -0.137. The summed E-state index contributed by atoms with van der Waals surface area (Å²) < 4.78 is 43.8. The minimum atomic E-state index is -4.44. The average Bonchev–Trinajstić information content (AvgIpc) is 3.11. The van der Waals surface area contributed by atoms with Crippen LogP contribution < -0.4 is 10.1 Å². The number of alkyl halides is 3. The highest BCUT2D eigenvalue weighted by atomic mass is 19.4. The maximum atomic E-state index is 12.7. The van der Waals surface area contributed by atoms with Crippen LogP contribution >= 0.6 is 0 Å². The lowest BCUT2D eigenvalue weighted by atomic mass is 10.1. The summed E-state index contributed by atoms with van der Waals surface area (Å²) in [4.78, 5) is 17.6. The SMILES string of the molecule is O=C(NCCc1ccccc1)N1CCC(Oc2cc(C(F)(F)F)ccn2)C1. The molecule has 144 valence electrons. The first-order chi connectivity index (χ1) is 12.9. The van der Waals surface area contributed by atoms with Gasteiger partial charge in [0.05, 0.1) is 12.1 Å². The fraction of sp³-hybridized carbons (Fsp3) is 0.368. The lowest BCUT2D eigenvalue weighted by Gasteiger charge is -2.18. The molecule has 27 heavy (non-hydrogen) atoms. The third kappa shape index (κ3) is 5.35. The second kappa shape index (κ2) is 8.28. The number of nitrogens with one attached hydrogen (secondary N) is 1. The maximum absolute atomic E-state index is 12.7. The van der Waals surface area contributed by atoms with E-state index in [1.807, 2.05) is 30.3 Å². The first-order valence-corrected chi connectivity index (χ1v) is 8.68. The van der Waals surface area contributed by atoms with Crippen LogP contribution in [0.25, 0.3) is 0 Å². The molecule has 2 heterocycles. The largest absolute Gasteiger partial charge is 0.472 e. The van der Waals surface area contributed by atoms with E-state index < -0.39 is 11.7 Å². The van der Waals surface area contributed by atoms with E-state index >= 15 is 0 Å². The van der Waals surface area contributed by atoms with Crippen LogP contribution in [0.5, 0.6) is 5.88 Å². The smallest absolute Gasteiger partial charge is 0.416 e. The molecular formula is C19H20F3N3O2. The fourth-order valence-corrected chi connectivity index (χ4v) is 2.90. The van der Waals surface area contributed by atoms with Crippen molar-refractivity contribution >= 4 is 6.03 Å². The maximum Gasteiger partial charge on any atom is 0.416 e. The zero-order valence-electron chi connectivity index (χ0n) is 14.6. The molecule has 1 atom stereocenters. The second-order valence-corrected chi connectivity index (χ2v) is 6.32. The molecule has 8 heteroatoms. The molecule has 0 spiro atoms. The molecule has 1 aliphatic rings. The van der Waals surface area contributed by atoms with Crippen LogP contribution in [0.3, 0.4) is 0 Å². The van der Waals surface area contributed by atoms with Gasteiger partial charge in [0.1, 0.15) is 6.10 Å². The topological polar surface area (TPSA) is 54.5 Å². The van der Waals surface area contributed by atoms with Gasteiger partial charge in [-0.15, -0.1) is 0 Å². The summed E-state index contributed by atoms with van der Waals surface area (Å²) in [6, 6.07) is 11.4. The van der Waals surface area contributed by atoms with Crippen LogP contribution in [0.15, 0.2) is 48.7 Å². The van der Waals surface area contributed by atoms with E-state index in [0.29, 0.717) is 26.1 Å². The third-order valence-electron chi connectivity index (χ3n) is 4.31. The number of ether oxygens (including phenoxy) is 1. The summed E-state index contributed by atoms with van der Waals surface area (Å²) in [5.74, 6) is -0.0823. The summed E-state index contributed by atoms with van der Waals surface area (Å²) in [7, 11) is 0. The first-order valence-electron chi connectivity index (χ1n) is 8.68. The molecule has 1 aromatic heterocycles. The number of carbonyl (C=O) groups excluding carboxylic acids is 1. The highest BCUT2D eigenvalue weighted by Crippen LogP contribution is 2.31. The molecule has 1 saturated heterocycles. The number of rotatable bonds is 5. The van der Waals surface area contributed by atoms with Crippen LogP contribution in [0, 0.1) is 0 Å². The minimum absolute atomic E-state index is 0.0823. The Hall–Kier alpha value is -2.77. The number of likely N-dealkylation sites (tertiary alicyclic amines) is 1. The fourth-order valence-electron chi connectivity index (χ4n) is 2.90. The molecule has 1 aromatic carbocycles. The molecule has 1 unspecified atom stereocenters. The Bertz CT molecular complexity index is 768. The Morgan fingerprint density at radius 3 is 2.78 bits per heavy atom. The van der Waals surface area contributed by atoms with Gasteiger partial charge in [-0.05, 0) is 18.1 Å². The minimum Gasteiger partial charge on any atom is -0.472 e. The Morgan fingerprint density at radius 1 is 1.26 bits per heavy atom. The molecule has 0 saturated carbocycles. The summed E-state index contributed by atoms with van der Waals surface area (Å²) in [6.45, 7) is 1.32. The van der Waals surface area contributed by atoms with Crippen molar-refractivity contribution < 1.29 is 22.7 Å². The Balaban J connectivity index is 1.46. The van der Waals surface area contributed by atoms with Gasteiger partial charge >= 0.3 is 12.2 Å². The number of carbonyl (C=O) groups is 1. The highest BCUT2D eigenvalue weighted by Gasteiger charge is 2.32. The van der Waals surface area contributed by atoms with Gasteiger partial charge in [0.2, 0.25) is 5.88 Å². The van der Waals surface area contributed by atoms with Gasteiger partial charge in [-0.2, -0.15) is 13.2 Å². The number of halogens is 3. The number of aromatic nitrogens is 1. The molecule has 0 aliphatic carbocycles. The van der Waals surface area contributed by atoms with Crippen molar-refractivity contribution in [2.24, 2.45) is 0 Å². The number of hydrogen-bond acceptors (Lipinski definition) is 3. The zero-order valence-corrected chi connectivity index (χ0v) is 14.6. The summed E-state index contributed by atoms with van der Waals surface area (Å²) >= 11 is 0. The van der Waals surface area contributed by atoms with Crippen molar-refractivity contribution in [3.63, 3.8) is 0 Å². The van der Waals surface area contributed by atoms with Crippen LogP contribution in [0.2, 0.25) is 0 Å². The van der Waals surface area contributed by atoms with E-state index in [4.69, 9.17) is 4.74 Å². The molecule has 0 radical (unpaired) electrons. The number of urea groups is 1. The third-order valence-corrected chi connectivity index (χ3v) is 4.31. The Labute approximate surface area is 155 Å². The van der Waals surface area contributed by atoms with Crippen LogP contribution in [-0.2, 0) is 12.6 Å². The van der Waals surface area contributed by atoms with Crippen molar-refractivity contribution in [3.05, 3.63) is 59.8 Å². The van der Waals surface area contributed by atoms with Crippen LogP contribution in [0.4, 0.5) is 18.0 Å². The van der Waals surface area contributed by atoms with Crippen molar-refractivity contribution in [1.82, 2.24) is 15.2 Å². The predicted molar refractivity (Wildman–Crippen MR) is 93.4 cm³/mol. The van der Waals surface area contributed by atoms with E-state index in [9.17, 15) is 18.0 Å². The monoisotopic (exact) mass is 379 g/mol. The Morgan fingerprint density at radius 2 is 2.04 bits per heavy atom. The summed E-state index contributed by atoms with van der Waals surface area (Å²) in [5, 5.41) is 2.85. The van der Waals surface area contributed by atoms with Gasteiger partial charge in [-0.3, -0.25) is 0 Å². The van der Waals surface area contributed by atoms with E-state index in [0.717, 1.165) is 30.3 Å². The van der Waals surface area contributed by atoms with Gasteiger partial charge in [0, 0.05) is 31.8 Å². The average molecular weight is 379 g/mol. The van der Waals surface area contributed by atoms with Crippen LogP contribution in [0.1, 0.15) is 17.5 Å². The number of amides is 2. The number of pyridine rings is 1. The summed E-state index contributed by atoms with van der Waals surface area (Å²) in [5.41, 5.74) is 0.331. The molecule has 1 fully saturated rings. The van der Waals surface area contributed by atoms with Gasteiger partial charge < -0.3 is 15.0 Å². The molecule has 3 rings (SSSR count). The van der Waals surface area contributed by atoms with Gasteiger partial charge in [0.15, 0.2) is 0 Å². The van der Waals surface area contributed by atoms with E-state index in [1.165, 1.54) is 0 Å². The zero-order chi connectivity index (χ0) is 19.3. The molecule has 1 N–H and O–H groups in total. The lowest BCUT2D eigenvalue weighted by Crippen LogP contribution is -2.40. The molecule has 1 aliphatic heterocycles. The van der Waals surface area contributed by atoms with E-state index in [-0.39, 0.29) is 18.0 Å². The van der Waals surface area contributed by atoms with Crippen molar-refractivity contribution in [1.29, 1.82) is 0 Å². The van der Waals surface area contributed by atoms with E-state index in [2.05, 4.69) is 10.3 Å². The number of nitrogens with zero attached hydrogens (tertiary/aromatic N) is 2. The van der Waals surface area contributed by atoms with Crippen molar-refractivity contribution in [2.45, 2.75) is 25.1 Å². The molecule has 0 bridgehead atoms. The van der Waals surface area contributed by atoms with Gasteiger partial charge in [-0.25, -0.2) is 9.78 Å². The van der Waals surface area contributed by atoms with E-state index in [1.54, 1.807) is 4.90 Å². The molecule has 2 amide bonds. The van der Waals surface area contributed by atoms with Crippen molar-refractivity contribution in [3.8, 4) is 5.88 Å². The molecule has 5 nitrogen and oxygen atoms in total. The molecular weight excluding hydrogens is 359 g/mol. The predicted octanol–water partition coefficient (Wildman–Crippen LogP) is 3.51. The second-order valence-electron chi connectivity index (χ2n) is 6.32. The first kappa shape index (κ1) is 19.0. The normalized spacial score (nSPS) is 17.0. The van der Waals surface area contributed by atoms with Gasteiger partial charge in [0.25, 0.3) is 0 Å². The quantitative estimate of drug-likeness (QED) is 0.865. The molecule has 2 aromatic rings. The Kier molecular flexibility index (Phi) is 5.83. The standard InChI is InChI=1S/C19H20F3N3O2/c20-19(21,22)15-7-10-23-17(12-15)27-16-8-11-25(13-16)18(26)24-9-6-14-4-2-1-3-5-14/h1-5,7,10,12,16H,6,8-9,11,13H2,(H,24,26). The summed E-state index contributed by atoms with van der Waals surface area (Å²) in [6.07, 6.45) is -2.47. The van der Waals surface area contributed by atoms with Gasteiger partial charge in [-0.1, -0.05) is 30.3 Å². The van der Waals surface area contributed by atoms with Crippen molar-refractivity contribution in [2.75, 3.05) is 19.6 Å².